The maximum atomic E-state index is 4.71. The van der Waals surface area contributed by atoms with Gasteiger partial charge < -0.3 is 14.2 Å². The lowest BCUT2D eigenvalue weighted by Gasteiger charge is -1.94. The Bertz CT molecular complexity index is 150. The molecule has 2 rings (SSSR count). The highest BCUT2D eigenvalue weighted by Crippen LogP contribution is 1.93. The topological polar surface area (TPSA) is 27.7 Å². The van der Waals surface area contributed by atoms with Crippen LogP contribution in [0.2, 0.25) is 0 Å². The smallest absolute Gasteiger partial charge is 0.125 e. The first kappa shape index (κ1) is 8.46. The molecule has 0 spiro atoms. The molecule has 0 saturated heterocycles. The van der Waals surface area contributed by atoms with Crippen molar-refractivity contribution in [2.24, 2.45) is 0 Å². The van der Waals surface area contributed by atoms with E-state index in [0.717, 1.165) is 6.42 Å². The minimum Gasteiger partial charge on any atom is -0.473 e. The summed E-state index contributed by atoms with van der Waals surface area (Å²) in [4.78, 5) is 0. The van der Waals surface area contributed by atoms with Crippen LogP contribution in [-0.2, 0) is 14.2 Å². The Morgan fingerprint density at radius 3 is 1.17 bits per heavy atom. The number of ether oxygens (including phenoxy) is 3. The second kappa shape index (κ2) is 6.09. The minimum absolute atomic E-state index is 1.01. The Labute approximate surface area is 71.2 Å². The second-order valence-electron chi connectivity index (χ2n) is 1.93. The van der Waals surface area contributed by atoms with Gasteiger partial charge in [-0.1, -0.05) is 0 Å². The number of hydrogen-bond donors (Lipinski definition) is 0. The van der Waals surface area contributed by atoms with E-state index in [9.17, 15) is 0 Å². The molecule has 0 bridgehead atoms. The number of rotatable bonds is 0. The van der Waals surface area contributed by atoms with Crippen molar-refractivity contribution in [3.05, 3.63) is 49.7 Å². The van der Waals surface area contributed by atoms with Crippen LogP contribution >= 0.6 is 0 Å². The van der Waals surface area contributed by atoms with Gasteiger partial charge in [0.15, 0.2) is 0 Å². The maximum absolute atomic E-state index is 4.71. The Hall–Kier alpha value is -1.64. The molecule has 0 saturated carbocycles. The Morgan fingerprint density at radius 1 is 0.583 bits per heavy atom. The van der Waals surface area contributed by atoms with Crippen molar-refractivity contribution in [2.75, 3.05) is 0 Å². The second-order valence-corrected chi connectivity index (χ2v) is 1.93. The molecule has 12 heavy (non-hydrogen) atoms. The van der Waals surface area contributed by atoms with Gasteiger partial charge in [-0.15, -0.1) is 0 Å². The van der Waals surface area contributed by atoms with Crippen molar-refractivity contribution < 1.29 is 14.2 Å². The summed E-state index contributed by atoms with van der Waals surface area (Å²) in [6.45, 7) is 0. The van der Waals surface area contributed by atoms with E-state index in [4.69, 9.17) is 4.74 Å². The van der Waals surface area contributed by atoms with E-state index in [-0.39, 0.29) is 0 Å². The Kier molecular flexibility index (Phi) is 4.30. The van der Waals surface area contributed by atoms with Gasteiger partial charge in [0.1, 0.15) is 25.0 Å². The first-order chi connectivity index (χ1) is 6.00. The van der Waals surface area contributed by atoms with E-state index in [0.29, 0.717) is 0 Å². The molecule has 0 fully saturated rings. The molecule has 0 unspecified atom stereocenters. The molecule has 2 aliphatic heterocycles. The average molecular weight is 166 g/mol. The summed E-state index contributed by atoms with van der Waals surface area (Å²) >= 11 is 0. The van der Waals surface area contributed by atoms with Crippen LogP contribution in [0.4, 0.5) is 0 Å². The molecular weight excluding hydrogens is 156 g/mol. The first-order valence-electron chi connectivity index (χ1n) is 3.56. The quantitative estimate of drug-likeness (QED) is 0.553. The van der Waals surface area contributed by atoms with Gasteiger partial charge in [-0.2, -0.15) is 0 Å². The minimum atomic E-state index is 1.01. The predicted octanol–water partition coefficient (Wildman–Crippen LogP) is 2.41. The van der Waals surface area contributed by atoms with Crippen LogP contribution < -0.4 is 0 Å². The highest BCUT2D eigenvalue weighted by Gasteiger charge is 1.75. The summed E-state index contributed by atoms with van der Waals surface area (Å²) in [6, 6.07) is 0. The molecule has 0 atom stereocenters. The zero-order valence-electron chi connectivity index (χ0n) is 6.55. The van der Waals surface area contributed by atoms with Crippen LogP contribution in [0, 0.1) is 0 Å². The summed E-state index contributed by atoms with van der Waals surface area (Å²) in [6.07, 6.45) is 14.1. The van der Waals surface area contributed by atoms with Gasteiger partial charge in [0, 0.05) is 0 Å². The Morgan fingerprint density at radius 2 is 1.00 bits per heavy atom. The van der Waals surface area contributed by atoms with E-state index in [1.54, 1.807) is 12.5 Å². The van der Waals surface area contributed by atoms with Crippen LogP contribution in [0.3, 0.4) is 0 Å². The average Bonchev–Trinajstić information content (AvgIpc) is 2.24. The fourth-order valence-corrected chi connectivity index (χ4v) is 0.565. The van der Waals surface area contributed by atoms with Crippen LogP contribution in [0.5, 0.6) is 0 Å². The van der Waals surface area contributed by atoms with Crippen LogP contribution in [0.1, 0.15) is 6.42 Å². The summed E-state index contributed by atoms with van der Waals surface area (Å²) in [7, 11) is 0. The van der Waals surface area contributed by atoms with E-state index in [1.165, 1.54) is 25.0 Å². The highest BCUT2D eigenvalue weighted by molar-refractivity contribution is 4.92. The third-order valence-corrected chi connectivity index (χ3v) is 1.05. The lowest BCUT2D eigenvalue weighted by atomic mass is 10.4. The normalized spacial score (nSPS) is 16.7. The zero-order chi connectivity index (χ0) is 8.49. The molecule has 0 aromatic carbocycles. The molecule has 3 nitrogen and oxygen atoms in total. The van der Waals surface area contributed by atoms with Crippen molar-refractivity contribution in [3.8, 4) is 0 Å². The van der Waals surface area contributed by atoms with Crippen molar-refractivity contribution in [3.63, 3.8) is 0 Å². The lowest BCUT2D eigenvalue weighted by molar-refractivity contribution is 0.290. The van der Waals surface area contributed by atoms with Crippen LogP contribution in [-0.4, -0.2) is 0 Å². The third-order valence-electron chi connectivity index (χ3n) is 1.05. The van der Waals surface area contributed by atoms with Crippen LogP contribution in [0.15, 0.2) is 49.7 Å². The monoisotopic (exact) mass is 166 g/mol. The van der Waals surface area contributed by atoms with Crippen molar-refractivity contribution in [1.82, 2.24) is 0 Å². The number of hydrogen-bond acceptors (Lipinski definition) is 3. The maximum Gasteiger partial charge on any atom is 0.125 e. The van der Waals surface area contributed by atoms with E-state index >= 15 is 0 Å². The largest absolute Gasteiger partial charge is 0.473 e. The molecule has 64 valence electrons. The molecule has 0 radical (unpaired) electrons. The van der Waals surface area contributed by atoms with Crippen molar-refractivity contribution in [1.29, 1.82) is 0 Å². The Balaban J connectivity index is 0.000000120. The zero-order valence-corrected chi connectivity index (χ0v) is 6.55. The molecule has 2 heterocycles. The van der Waals surface area contributed by atoms with Crippen molar-refractivity contribution >= 4 is 0 Å². The van der Waals surface area contributed by atoms with Gasteiger partial charge in [-0.05, 0) is 18.6 Å². The molecular formula is C9H10O3. The van der Waals surface area contributed by atoms with Gasteiger partial charge in [-0.25, -0.2) is 0 Å². The molecule has 0 aromatic heterocycles. The molecule has 0 amide bonds. The third kappa shape index (κ3) is 4.22. The van der Waals surface area contributed by atoms with Gasteiger partial charge in [-0.3, -0.25) is 0 Å². The van der Waals surface area contributed by atoms with E-state index in [1.807, 2.05) is 12.2 Å². The summed E-state index contributed by atoms with van der Waals surface area (Å²) in [5, 5.41) is 0. The van der Waals surface area contributed by atoms with Crippen molar-refractivity contribution in [2.45, 2.75) is 6.42 Å². The van der Waals surface area contributed by atoms with Crippen LogP contribution in [0.25, 0.3) is 0 Å². The van der Waals surface area contributed by atoms with Gasteiger partial charge >= 0.3 is 0 Å². The summed E-state index contributed by atoms with van der Waals surface area (Å²) < 4.78 is 13.9. The van der Waals surface area contributed by atoms with Gasteiger partial charge in [0.05, 0.1) is 12.5 Å². The fraction of sp³-hybridized carbons (Fsp3) is 0.111. The molecule has 0 N–H and O–H groups in total. The van der Waals surface area contributed by atoms with E-state index < -0.39 is 0 Å². The molecule has 3 heteroatoms. The predicted molar refractivity (Wildman–Crippen MR) is 44.4 cm³/mol. The standard InChI is InChI=1S/C5H6O.C4H4O2/c1-2-4-6-5-3-1;1-2-6-4-3-5-1/h2-5H,1H2;1-4H. The number of allylic oxidation sites excluding steroid dienone is 2. The first-order valence-corrected chi connectivity index (χ1v) is 3.56. The molecule has 2 aliphatic rings. The highest BCUT2D eigenvalue weighted by atomic mass is 16.5. The van der Waals surface area contributed by atoms with E-state index in [2.05, 4.69) is 9.47 Å². The molecule has 0 aromatic rings. The van der Waals surface area contributed by atoms with Gasteiger partial charge in [0.25, 0.3) is 0 Å². The lowest BCUT2D eigenvalue weighted by Crippen LogP contribution is -1.74. The summed E-state index contributed by atoms with van der Waals surface area (Å²) in [5.41, 5.74) is 0. The molecule has 0 aliphatic carbocycles. The fourth-order valence-electron chi connectivity index (χ4n) is 0.565. The summed E-state index contributed by atoms with van der Waals surface area (Å²) in [5.74, 6) is 0. The SMILES string of the molecule is C1=COC=CC1.C1=COC=CO1. The van der Waals surface area contributed by atoms with Gasteiger partial charge in [0.2, 0.25) is 0 Å².